The molecule has 0 saturated carbocycles. The highest BCUT2D eigenvalue weighted by Crippen LogP contribution is 2.34. The van der Waals surface area contributed by atoms with E-state index in [4.69, 9.17) is 4.42 Å². The van der Waals surface area contributed by atoms with E-state index in [1.807, 2.05) is 10.5 Å². The second kappa shape index (κ2) is 4.41. The van der Waals surface area contributed by atoms with E-state index in [0.717, 1.165) is 12.8 Å². The van der Waals surface area contributed by atoms with Gasteiger partial charge in [0.15, 0.2) is 5.65 Å². The molecule has 0 spiro atoms. The summed E-state index contributed by atoms with van der Waals surface area (Å²) < 4.78 is 6.95. The summed E-state index contributed by atoms with van der Waals surface area (Å²) >= 11 is 0. The summed E-state index contributed by atoms with van der Waals surface area (Å²) in [5.74, 6) is 0.137. The lowest BCUT2D eigenvalue weighted by atomic mass is 10.0. The molecule has 0 bridgehead atoms. The Balaban J connectivity index is 1.83. The van der Waals surface area contributed by atoms with Gasteiger partial charge in [-0.15, -0.1) is 10.2 Å². The first-order valence-electron chi connectivity index (χ1n) is 6.80. The van der Waals surface area contributed by atoms with Crippen LogP contribution in [0.1, 0.15) is 40.9 Å². The third-order valence-corrected chi connectivity index (χ3v) is 3.95. The number of aromatic nitrogens is 4. The van der Waals surface area contributed by atoms with Gasteiger partial charge in [0, 0.05) is 5.69 Å². The van der Waals surface area contributed by atoms with Crippen LogP contribution in [0.25, 0.3) is 5.65 Å². The Morgan fingerprint density at radius 1 is 1.52 bits per heavy atom. The smallest absolute Gasteiger partial charge is 0.301 e. The van der Waals surface area contributed by atoms with Crippen molar-refractivity contribution >= 4 is 17.6 Å². The third kappa shape index (κ3) is 1.81. The molecule has 106 valence electrons. The van der Waals surface area contributed by atoms with Crippen LogP contribution >= 0.6 is 0 Å². The largest absolute Gasteiger partial charge is 0.432 e. The summed E-state index contributed by atoms with van der Waals surface area (Å²) in [6.07, 6.45) is 6.61. The number of rotatable bonds is 2. The molecule has 1 aliphatic carbocycles. The highest BCUT2D eigenvalue weighted by molar-refractivity contribution is 6.07. The first kappa shape index (κ1) is 12.1. The van der Waals surface area contributed by atoms with Crippen LogP contribution in [0.5, 0.6) is 0 Å². The molecule has 1 aliphatic rings. The molecule has 1 N–H and O–H groups in total. The van der Waals surface area contributed by atoms with Crippen LogP contribution in [-0.4, -0.2) is 25.5 Å². The van der Waals surface area contributed by atoms with Crippen molar-refractivity contribution in [3.8, 4) is 0 Å². The second-order valence-electron chi connectivity index (χ2n) is 5.22. The van der Waals surface area contributed by atoms with Crippen LogP contribution in [0.15, 0.2) is 29.3 Å². The Morgan fingerprint density at radius 2 is 2.43 bits per heavy atom. The third-order valence-electron chi connectivity index (χ3n) is 3.95. The van der Waals surface area contributed by atoms with Crippen molar-refractivity contribution in [3.63, 3.8) is 0 Å². The van der Waals surface area contributed by atoms with Crippen LogP contribution < -0.4 is 5.32 Å². The minimum atomic E-state index is -0.294. The second-order valence-corrected chi connectivity index (χ2v) is 5.22. The van der Waals surface area contributed by atoms with Gasteiger partial charge in [0.1, 0.15) is 12.6 Å². The fourth-order valence-corrected chi connectivity index (χ4v) is 2.88. The van der Waals surface area contributed by atoms with Gasteiger partial charge >= 0.3 is 6.01 Å². The Labute approximate surface area is 120 Å². The van der Waals surface area contributed by atoms with E-state index in [-0.39, 0.29) is 11.9 Å². The number of nitrogens with one attached hydrogen (secondary N) is 1. The van der Waals surface area contributed by atoms with Gasteiger partial charge in [-0.1, -0.05) is 6.92 Å². The first-order chi connectivity index (χ1) is 10.2. The molecule has 3 aromatic heterocycles. The fraction of sp³-hybridized carbons (Fsp3) is 0.286. The number of carbonyl (C=O) groups excluding carboxylic acids is 1. The van der Waals surface area contributed by atoms with Gasteiger partial charge in [-0.25, -0.2) is 4.98 Å². The molecule has 1 atom stereocenters. The summed E-state index contributed by atoms with van der Waals surface area (Å²) in [7, 11) is 0. The lowest BCUT2D eigenvalue weighted by Crippen LogP contribution is -2.15. The highest BCUT2D eigenvalue weighted by Gasteiger charge is 2.26. The van der Waals surface area contributed by atoms with Gasteiger partial charge in [-0.3, -0.25) is 14.5 Å². The molecule has 7 nitrogen and oxygen atoms in total. The van der Waals surface area contributed by atoms with Crippen molar-refractivity contribution in [2.24, 2.45) is 0 Å². The average molecular weight is 283 g/mol. The van der Waals surface area contributed by atoms with Gasteiger partial charge < -0.3 is 4.42 Å². The lowest BCUT2D eigenvalue weighted by molar-refractivity contribution is 0.102. The molecule has 3 aromatic rings. The number of amides is 1. The number of anilines is 1. The minimum absolute atomic E-state index is 0.172. The van der Waals surface area contributed by atoms with Crippen molar-refractivity contribution in [3.05, 3.63) is 41.7 Å². The molecule has 0 fully saturated rings. The molecular weight excluding hydrogens is 270 g/mol. The van der Waals surface area contributed by atoms with Crippen molar-refractivity contribution < 1.29 is 9.21 Å². The molecule has 0 aliphatic heterocycles. The molecule has 1 unspecified atom stereocenters. The van der Waals surface area contributed by atoms with Crippen molar-refractivity contribution in [2.75, 3.05) is 5.32 Å². The van der Waals surface area contributed by atoms with Gasteiger partial charge in [-0.2, -0.15) is 0 Å². The predicted octanol–water partition coefficient (Wildman–Crippen LogP) is 2.02. The predicted molar refractivity (Wildman–Crippen MR) is 74.2 cm³/mol. The number of oxazole rings is 1. The molecule has 7 heteroatoms. The zero-order valence-electron chi connectivity index (χ0n) is 11.4. The van der Waals surface area contributed by atoms with E-state index >= 15 is 0 Å². The molecule has 0 radical (unpaired) electrons. The van der Waals surface area contributed by atoms with E-state index in [9.17, 15) is 4.79 Å². The maximum absolute atomic E-state index is 12.4. The zero-order chi connectivity index (χ0) is 14.4. The number of nitrogens with zero attached hydrogens (tertiary/aromatic N) is 4. The van der Waals surface area contributed by atoms with Crippen molar-refractivity contribution in [1.29, 1.82) is 0 Å². The standard InChI is InChI=1S/C14H13N5O2/c1-8-2-3-11-9(8)6-10(12-18-16-7-19(11)12)13(20)17-14-15-4-5-21-14/h4-8H,2-3H2,1H3,(H,15,17,20). The van der Waals surface area contributed by atoms with Crippen LogP contribution in [0.3, 0.4) is 0 Å². The lowest BCUT2D eigenvalue weighted by Gasteiger charge is -2.10. The van der Waals surface area contributed by atoms with E-state index in [2.05, 4.69) is 27.4 Å². The summed E-state index contributed by atoms with van der Waals surface area (Å²) in [6.45, 7) is 2.16. The van der Waals surface area contributed by atoms with Gasteiger partial charge in [-0.05, 0) is 30.4 Å². The maximum Gasteiger partial charge on any atom is 0.301 e. The zero-order valence-corrected chi connectivity index (χ0v) is 11.4. The molecule has 4 rings (SSSR count). The average Bonchev–Trinajstić information content (AvgIpc) is 3.18. The summed E-state index contributed by atoms with van der Waals surface area (Å²) in [5.41, 5.74) is 3.42. The van der Waals surface area contributed by atoms with E-state index < -0.39 is 0 Å². The normalized spacial score (nSPS) is 17.1. The minimum Gasteiger partial charge on any atom is -0.432 e. The van der Waals surface area contributed by atoms with Gasteiger partial charge in [0.25, 0.3) is 5.91 Å². The topological polar surface area (TPSA) is 85.3 Å². The number of pyridine rings is 1. The number of hydrogen-bond acceptors (Lipinski definition) is 5. The number of hydrogen-bond donors (Lipinski definition) is 1. The molecule has 0 aromatic carbocycles. The molecular formula is C14H13N5O2. The molecule has 3 heterocycles. The van der Waals surface area contributed by atoms with E-state index in [0.29, 0.717) is 17.1 Å². The van der Waals surface area contributed by atoms with Crippen molar-refractivity contribution in [2.45, 2.75) is 25.7 Å². The van der Waals surface area contributed by atoms with Crippen LogP contribution in [0, 0.1) is 0 Å². The summed E-state index contributed by atoms with van der Waals surface area (Å²) in [5, 5.41) is 10.6. The van der Waals surface area contributed by atoms with Crippen LogP contribution in [-0.2, 0) is 6.42 Å². The van der Waals surface area contributed by atoms with Crippen molar-refractivity contribution in [1.82, 2.24) is 19.6 Å². The Kier molecular flexibility index (Phi) is 2.53. The Bertz CT molecular complexity index is 821. The van der Waals surface area contributed by atoms with Crippen LogP contribution in [0.2, 0.25) is 0 Å². The summed E-state index contributed by atoms with van der Waals surface area (Å²) in [4.78, 5) is 16.3. The molecule has 1 amide bonds. The molecule has 0 saturated heterocycles. The fourth-order valence-electron chi connectivity index (χ4n) is 2.88. The number of carbonyl (C=O) groups is 1. The van der Waals surface area contributed by atoms with Crippen LogP contribution in [0.4, 0.5) is 6.01 Å². The molecule has 21 heavy (non-hydrogen) atoms. The monoisotopic (exact) mass is 283 g/mol. The Morgan fingerprint density at radius 3 is 3.24 bits per heavy atom. The quantitative estimate of drug-likeness (QED) is 0.777. The number of aryl methyl sites for hydroxylation is 1. The van der Waals surface area contributed by atoms with Gasteiger partial charge in [0.2, 0.25) is 0 Å². The Hall–Kier alpha value is -2.70. The van der Waals surface area contributed by atoms with Gasteiger partial charge in [0.05, 0.1) is 11.8 Å². The highest BCUT2D eigenvalue weighted by atomic mass is 16.4. The SMILES string of the molecule is CC1CCc2c1cc(C(=O)Nc1ncco1)c1nncn21. The van der Waals surface area contributed by atoms with E-state index in [1.165, 1.54) is 23.7 Å². The van der Waals surface area contributed by atoms with E-state index in [1.54, 1.807) is 6.33 Å². The maximum atomic E-state index is 12.4. The number of fused-ring (bicyclic) bond motifs is 3. The summed E-state index contributed by atoms with van der Waals surface area (Å²) in [6, 6.07) is 2.08. The first-order valence-corrected chi connectivity index (χ1v) is 6.80.